The van der Waals surface area contributed by atoms with Gasteiger partial charge >= 0.3 is 17.2 Å². The van der Waals surface area contributed by atoms with Crippen LogP contribution in [0.5, 0.6) is 0 Å². The van der Waals surface area contributed by atoms with Crippen molar-refractivity contribution in [2.75, 3.05) is 11.1 Å². The zero-order valence-electron chi connectivity index (χ0n) is 13.6. The Balaban J connectivity index is 2.27. The number of carbonyl (C=O) groups is 1. The maximum absolute atomic E-state index is 12.9. The van der Waals surface area contributed by atoms with Gasteiger partial charge in [-0.1, -0.05) is 11.3 Å². The molecule has 27 heavy (non-hydrogen) atoms. The smallest absolute Gasteiger partial charge is 0.323 e. The summed E-state index contributed by atoms with van der Waals surface area (Å²) < 4.78 is 77.0. The number of hydrogen-bond acceptors (Lipinski definition) is 4. The van der Waals surface area contributed by atoms with E-state index in [1.54, 1.807) is 6.92 Å². The van der Waals surface area contributed by atoms with E-state index in [9.17, 15) is 35.9 Å². The Hall–Kier alpha value is -1.95. The molecular weight excluding hydrogens is 418 g/mol. The minimum absolute atomic E-state index is 0.164. The molecule has 4 nitrogen and oxygen atoms in total. The van der Waals surface area contributed by atoms with Gasteiger partial charge in [0.05, 0.1) is 17.0 Å². The van der Waals surface area contributed by atoms with E-state index in [4.69, 9.17) is 0 Å². The number of amides is 1. The monoisotopic (exact) mass is 430 g/mol. The maximum Gasteiger partial charge on any atom is 0.416 e. The van der Waals surface area contributed by atoms with Gasteiger partial charge in [-0.15, -0.1) is 11.8 Å². The van der Waals surface area contributed by atoms with Gasteiger partial charge in [-0.2, -0.15) is 26.3 Å². The quantitative estimate of drug-likeness (QED) is 0.560. The van der Waals surface area contributed by atoms with Crippen LogP contribution in [0.25, 0.3) is 0 Å². The third-order valence-electron chi connectivity index (χ3n) is 3.25. The van der Waals surface area contributed by atoms with E-state index >= 15 is 0 Å². The van der Waals surface area contributed by atoms with Gasteiger partial charge in [0.15, 0.2) is 0 Å². The summed E-state index contributed by atoms with van der Waals surface area (Å²) in [6, 6.07) is 2.08. The molecule has 1 N–H and O–H groups in total. The number of hydrogen-bond donors (Lipinski definition) is 1. The van der Waals surface area contributed by atoms with E-state index < -0.39 is 46.7 Å². The zero-order chi connectivity index (χ0) is 20.4. The van der Waals surface area contributed by atoms with Crippen LogP contribution in [0.4, 0.5) is 32.0 Å². The Kier molecular flexibility index (Phi) is 6.30. The number of benzene rings is 1. The summed E-state index contributed by atoms with van der Waals surface area (Å²) in [6.45, 7) is 1.11. The van der Waals surface area contributed by atoms with Crippen molar-refractivity contribution in [3.8, 4) is 0 Å². The number of anilines is 1. The lowest BCUT2D eigenvalue weighted by Gasteiger charge is -2.15. The molecule has 0 radical (unpaired) electrons. The van der Waals surface area contributed by atoms with E-state index in [-0.39, 0.29) is 16.7 Å². The maximum atomic E-state index is 12.9. The lowest BCUT2D eigenvalue weighted by Crippen LogP contribution is -2.25. The van der Waals surface area contributed by atoms with Crippen LogP contribution in [0.1, 0.15) is 11.3 Å². The van der Waals surface area contributed by atoms with Crippen LogP contribution in [0.3, 0.4) is 0 Å². The Morgan fingerprint density at radius 1 is 1.22 bits per heavy atom. The number of halogens is 6. The van der Waals surface area contributed by atoms with Crippen molar-refractivity contribution in [1.29, 1.82) is 0 Å². The molecule has 0 aliphatic carbocycles. The van der Waals surface area contributed by atoms with Crippen molar-refractivity contribution in [1.82, 2.24) is 4.57 Å². The van der Waals surface area contributed by atoms with Gasteiger partial charge in [-0.25, -0.2) is 0 Å². The molecule has 0 fully saturated rings. The Morgan fingerprint density at radius 3 is 2.41 bits per heavy atom. The van der Waals surface area contributed by atoms with Crippen LogP contribution >= 0.6 is 23.1 Å². The van der Waals surface area contributed by atoms with Gasteiger partial charge in [0.2, 0.25) is 5.91 Å². The summed E-state index contributed by atoms with van der Waals surface area (Å²) in [5, 5.41) is 3.67. The molecule has 2 rings (SSSR count). The molecule has 0 aliphatic heterocycles. The molecule has 0 atom stereocenters. The lowest BCUT2D eigenvalue weighted by atomic mass is 10.2. The number of carbonyl (C=O) groups excluding carboxylic acids is 1. The first kappa shape index (κ1) is 21.4. The second kappa shape index (κ2) is 7.97. The second-order valence-electron chi connectivity index (χ2n) is 5.39. The minimum atomic E-state index is -4.73. The molecular formula is C15H12F6N2O2S2. The number of thiazole rings is 1. The standard InChI is InChI=1S/C15H12F6N2O2S2/c1-8-6-26-13(25)23(8)5-12(24)22-10-4-9(15(19,20)21)2-3-11(10)27-7-14(16,17)18/h2-4,6H,5,7H2,1H3,(H,22,24). The normalized spacial score (nSPS) is 12.3. The molecule has 148 valence electrons. The Morgan fingerprint density at radius 2 is 1.89 bits per heavy atom. The topological polar surface area (TPSA) is 51.1 Å². The molecule has 2 aromatic rings. The van der Waals surface area contributed by atoms with Gasteiger partial charge in [-0.05, 0) is 25.1 Å². The van der Waals surface area contributed by atoms with Crippen molar-refractivity contribution in [3.05, 3.63) is 44.5 Å². The number of alkyl halides is 6. The Bertz CT molecular complexity index is 886. The van der Waals surface area contributed by atoms with E-state index in [1.165, 1.54) is 5.38 Å². The van der Waals surface area contributed by atoms with E-state index in [0.717, 1.165) is 22.0 Å². The van der Waals surface area contributed by atoms with Gasteiger partial charge in [0.25, 0.3) is 0 Å². The molecule has 0 aliphatic rings. The molecule has 0 bridgehead atoms. The van der Waals surface area contributed by atoms with E-state index in [0.29, 0.717) is 17.8 Å². The van der Waals surface area contributed by atoms with Gasteiger partial charge in [0.1, 0.15) is 6.54 Å². The van der Waals surface area contributed by atoms with Crippen LogP contribution in [-0.2, 0) is 17.5 Å². The number of nitrogens with zero attached hydrogens (tertiary/aromatic N) is 1. The summed E-state index contributed by atoms with van der Waals surface area (Å²) >= 11 is 1.10. The summed E-state index contributed by atoms with van der Waals surface area (Å²) in [6.07, 6.45) is -9.26. The first-order valence-corrected chi connectivity index (χ1v) is 9.09. The Labute approximate surface area is 157 Å². The summed E-state index contributed by atoms with van der Waals surface area (Å²) in [4.78, 5) is 23.1. The summed E-state index contributed by atoms with van der Waals surface area (Å²) in [7, 11) is 0. The molecule has 0 spiro atoms. The molecule has 0 unspecified atom stereocenters. The fourth-order valence-electron chi connectivity index (χ4n) is 2.02. The minimum Gasteiger partial charge on any atom is -0.323 e. The summed E-state index contributed by atoms with van der Waals surface area (Å²) in [5.74, 6) is -2.16. The molecule has 1 amide bonds. The third-order valence-corrected chi connectivity index (χ3v) is 5.27. The fraction of sp³-hybridized carbons (Fsp3) is 0.333. The molecule has 0 saturated carbocycles. The van der Waals surface area contributed by atoms with Crippen LogP contribution < -0.4 is 10.2 Å². The number of rotatable bonds is 5. The van der Waals surface area contributed by atoms with Crippen LogP contribution in [0.15, 0.2) is 33.3 Å². The van der Waals surface area contributed by atoms with Gasteiger partial charge in [0, 0.05) is 16.0 Å². The average molecular weight is 430 g/mol. The van der Waals surface area contributed by atoms with E-state index in [1.807, 2.05) is 0 Å². The highest BCUT2D eigenvalue weighted by molar-refractivity contribution is 7.99. The predicted octanol–water partition coefficient (Wildman–Crippen LogP) is 4.53. The number of nitrogens with one attached hydrogen (secondary N) is 1. The predicted molar refractivity (Wildman–Crippen MR) is 90.2 cm³/mol. The van der Waals surface area contributed by atoms with Gasteiger partial charge in [-0.3, -0.25) is 14.2 Å². The van der Waals surface area contributed by atoms with Gasteiger partial charge < -0.3 is 5.32 Å². The molecule has 0 saturated heterocycles. The van der Waals surface area contributed by atoms with E-state index in [2.05, 4.69) is 5.32 Å². The van der Waals surface area contributed by atoms with Crippen molar-refractivity contribution >= 4 is 34.7 Å². The highest BCUT2D eigenvalue weighted by atomic mass is 32.2. The first-order chi connectivity index (χ1) is 12.4. The molecule has 12 heteroatoms. The number of thioether (sulfide) groups is 1. The lowest BCUT2D eigenvalue weighted by molar-refractivity contribution is -0.137. The molecule has 1 aromatic heterocycles. The zero-order valence-corrected chi connectivity index (χ0v) is 15.2. The second-order valence-corrected chi connectivity index (χ2v) is 7.23. The average Bonchev–Trinajstić information content (AvgIpc) is 2.83. The largest absolute Gasteiger partial charge is 0.416 e. The first-order valence-electron chi connectivity index (χ1n) is 7.22. The number of aryl methyl sites for hydroxylation is 1. The SMILES string of the molecule is Cc1csc(=O)n1CC(=O)Nc1cc(C(F)(F)F)ccc1SCC(F)(F)F. The highest BCUT2D eigenvalue weighted by Crippen LogP contribution is 2.37. The molecule has 1 aromatic carbocycles. The fourth-order valence-corrected chi connectivity index (χ4v) is 3.50. The molecule has 1 heterocycles. The van der Waals surface area contributed by atoms with Crippen molar-refractivity contribution < 1.29 is 31.1 Å². The van der Waals surface area contributed by atoms with Crippen molar-refractivity contribution in [3.63, 3.8) is 0 Å². The van der Waals surface area contributed by atoms with Crippen molar-refractivity contribution in [2.24, 2.45) is 0 Å². The van der Waals surface area contributed by atoms with Crippen LogP contribution in [-0.4, -0.2) is 22.4 Å². The number of aromatic nitrogens is 1. The van der Waals surface area contributed by atoms with Crippen LogP contribution in [0, 0.1) is 6.92 Å². The third kappa shape index (κ3) is 6.03. The highest BCUT2D eigenvalue weighted by Gasteiger charge is 2.32. The summed E-state index contributed by atoms with van der Waals surface area (Å²) in [5.41, 5.74) is -1.03. The van der Waals surface area contributed by atoms with Crippen molar-refractivity contribution in [2.45, 2.75) is 30.7 Å². The van der Waals surface area contributed by atoms with Crippen LogP contribution in [0.2, 0.25) is 0 Å².